The van der Waals surface area contributed by atoms with Crippen molar-refractivity contribution >= 4 is 40.6 Å². The van der Waals surface area contributed by atoms with Crippen LogP contribution in [-0.2, 0) is 9.59 Å². The zero-order valence-electron chi connectivity index (χ0n) is 15.3. The topological polar surface area (TPSA) is 97.0 Å². The monoisotopic (exact) mass is 391 g/mol. The Hall–Kier alpha value is -2.68. The van der Waals surface area contributed by atoms with Gasteiger partial charge >= 0.3 is 0 Å². The highest BCUT2D eigenvalue weighted by Gasteiger charge is 2.28. The minimum atomic E-state index is -0.414. The lowest BCUT2D eigenvalue weighted by Gasteiger charge is -2.23. The number of carbonyl (C=O) groups excluding carboxylic acids is 3. The second-order valence-corrected chi connectivity index (χ2v) is 7.27. The maximum Gasteiger partial charge on any atom is 0.290 e. The minimum absolute atomic E-state index is 0.0573. The molecule has 0 aromatic heterocycles. The molecule has 2 fully saturated rings. The smallest absolute Gasteiger partial charge is 0.290 e. The lowest BCUT2D eigenvalue weighted by Crippen LogP contribution is -2.35. The molecule has 0 radical (unpaired) electrons. The van der Waals surface area contributed by atoms with Gasteiger partial charge in [-0.05, 0) is 30.3 Å². The number of hydrogen-bond acceptors (Lipinski definition) is 7. The van der Waals surface area contributed by atoms with E-state index in [1.165, 1.54) is 14.0 Å². The average molecular weight is 391 g/mol. The number of ether oxygens (including phenoxy) is 2. The van der Waals surface area contributed by atoms with E-state index in [-0.39, 0.29) is 17.2 Å². The lowest BCUT2D eigenvalue weighted by atomic mass is 10.1. The summed E-state index contributed by atoms with van der Waals surface area (Å²) in [7, 11) is 3.10. The molecule has 1 unspecified atom stereocenters. The number of imide groups is 1. The van der Waals surface area contributed by atoms with E-state index in [9.17, 15) is 14.4 Å². The fourth-order valence-electron chi connectivity index (χ4n) is 3.22. The molecule has 8 nitrogen and oxygen atoms in total. The molecule has 9 heteroatoms. The van der Waals surface area contributed by atoms with Crippen LogP contribution in [0.15, 0.2) is 17.0 Å². The van der Waals surface area contributed by atoms with Crippen LogP contribution in [0.5, 0.6) is 11.5 Å². The number of thioether (sulfide) groups is 1. The van der Waals surface area contributed by atoms with E-state index in [1.807, 2.05) is 6.07 Å². The van der Waals surface area contributed by atoms with Crippen LogP contribution in [0.25, 0.3) is 6.08 Å². The summed E-state index contributed by atoms with van der Waals surface area (Å²) in [6.45, 7) is 2.89. The van der Waals surface area contributed by atoms with Crippen LogP contribution in [0.2, 0.25) is 0 Å². The van der Waals surface area contributed by atoms with Crippen molar-refractivity contribution in [3.05, 3.63) is 22.6 Å². The van der Waals surface area contributed by atoms with Gasteiger partial charge in [-0.25, -0.2) is 0 Å². The van der Waals surface area contributed by atoms with Crippen molar-refractivity contribution in [1.29, 1.82) is 0 Å². The maximum atomic E-state index is 11.9. The predicted molar refractivity (Wildman–Crippen MR) is 103 cm³/mol. The van der Waals surface area contributed by atoms with Crippen LogP contribution in [0.3, 0.4) is 0 Å². The Labute approximate surface area is 161 Å². The highest BCUT2D eigenvalue weighted by atomic mass is 32.2. The standard InChI is InChI=1S/C18H21N3O5S/c1-10(22)19-12-4-5-21(9-12)13-8-15(26-3)14(25-2)6-11(13)7-16-17(23)20-18(24)27-16/h6-8,12H,4-5,9H2,1-3H3,(H,19,22)(H,20,23,24). The molecule has 0 spiro atoms. The van der Waals surface area contributed by atoms with Gasteiger partial charge in [0.2, 0.25) is 5.91 Å². The van der Waals surface area contributed by atoms with Gasteiger partial charge in [0.05, 0.1) is 19.1 Å². The molecule has 0 saturated carbocycles. The zero-order chi connectivity index (χ0) is 19.6. The normalized spacial score (nSPS) is 20.8. The molecule has 0 aliphatic carbocycles. The van der Waals surface area contributed by atoms with Crippen molar-refractivity contribution in [2.75, 3.05) is 32.2 Å². The van der Waals surface area contributed by atoms with Gasteiger partial charge < -0.3 is 19.7 Å². The number of benzene rings is 1. The van der Waals surface area contributed by atoms with Gasteiger partial charge in [-0.2, -0.15) is 0 Å². The Morgan fingerprint density at radius 2 is 2.00 bits per heavy atom. The first-order valence-electron chi connectivity index (χ1n) is 8.44. The molecule has 2 N–H and O–H groups in total. The maximum absolute atomic E-state index is 11.9. The highest BCUT2D eigenvalue weighted by Crippen LogP contribution is 2.39. The number of amides is 3. The van der Waals surface area contributed by atoms with Gasteiger partial charge in [0, 0.05) is 43.4 Å². The molecule has 2 aliphatic rings. The van der Waals surface area contributed by atoms with Gasteiger partial charge in [0.25, 0.3) is 11.1 Å². The fourth-order valence-corrected chi connectivity index (χ4v) is 3.89. The van der Waals surface area contributed by atoms with Crippen LogP contribution in [0.1, 0.15) is 18.9 Å². The molecule has 0 bridgehead atoms. The Morgan fingerprint density at radius 1 is 1.30 bits per heavy atom. The summed E-state index contributed by atoms with van der Waals surface area (Å²) in [5.74, 6) is 0.620. The molecular formula is C18H21N3O5S. The number of methoxy groups -OCH3 is 2. The van der Waals surface area contributed by atoms with E-state index in [1.54, 1.807) is 19.3 Å². The van der Waals surface area contributed by atoms with Crippen LogP contribution in [-0.4, -0.2) is 50.4 Å². The zero-order valence-corrected chi connectivity index (χ0v) is 16.1. The fraction of sp³-hybridized carbons (Fsp3) is 0.389. The second-order valence-electron chi connectivity index (χ2n) is 6.25. The number of nitrogens with one attached hydrogen (secondary N) is 2. The van der Waals surface area contributed by atoms with Gasteiger partial charge in [-0.3, -0.25) is 19.7 Å². The first-order valence-corrected chi connectivity index (χ1v) is 9.26. The minimum Gasteiger partial charge on any atom is -0.493 e. The number of hydrogen-bond donors (Lipinski definition) is 2. The van der Waals surface area contributed by atoms with Crippen molar-refractivity contribution in [2.24, 2.45) is 0 Å². The third-order valence-corrected chi connectivity index (χ3v) is 5.21. The molecular weight excluding hydrogens is 370 g/mol. The first-order chi connectivity index (χ1) is 12.9. The molecule has 1 aromatic rings. The second kappa shape index (κ2) is 7.91. The van der Waals surface area contributed by atoms with Crippen LogP contribution < -0.4 is 25.0 Å². The molecule has 1 atom stereocenters. The molecule has 2 aliphatic heterocycles. The first kappa shape index (κ1) is 19.1. The van der Waals surface area contributed by atoms with Crippen molar-refractivity contribution in [1.82, 2.24) is 10.6 Å². The van der Waals surface area contributed by atoms with E-state index in [0.29, 0.717) is 22.9 Å². The molecule has 2 saturated heterocycles. The van der Waals surface area contributed by atoms with Crippen molar-refractivity contribution in [3.63, 3.8) is 0 Å². The van der Waals surface area contributed by atoms with Crippen LogP contribution in [0.4, 0.5) is 10.5 Å². The summed E-state index contributed by atoms with van der Waals surface area (Å²) in [5.41, 5.74) is 1.59. The number of anilines is 1. The van der Waals surface area contributed by atoms with E-state index < -0.39 is 5.91 Å². The Bertz CT molecular complexity index is 823. The quantitative estimate of drug-likeness (QED) is 0.738. The molecule has 1 aromatic carbocycles. The summed E-state index contributed by atoms with van der Waals surface area (Å²) in [5, 5.41) is 4.80. The van der Waals surface area contributed by atoms with Crippen LogP contribution in [0, 0.1) is 0 Å². The SMILES string of the molecule is COc1cc(C=C2SC(=O)NC2=O)c(N2CCC(NC(C)=O)C2)cc1OC. The number of rotatable bonds is 5. The summed E-state index contributed by atoms with van der Waals surface area (Å²) >= 11 is 0.866. The van der Waals surface area contributed by atoms with Gasteiger partial charge in [0.15, 0.2) is 11.5 Å². The lowest BCUT2D eigenvalue weighted by molar-refractivity contribution is -0.119. The molecule has 3 amide bonds. The predicted octanol–water partition coefficient (Wildman–Crippen LogP) is 1.74. The Kier molecular flexibility index (Phi) is 5.59. The van der Waals surface area contributed by atoms with Crippen LogP contribution >= 0.6 is 11.8 Å². The summed E-state index contributed by atoms with van der Waals surface area (Å²) in [4.78, 5) is 37.2. The molecule has 27 heavy (non-hydrogen) atoms. The summed E-state index contributed by atoms with van der Waals surface area (Å²) < 4.78 is 10.8. The van der Waals surface area contributed by atoms with Gasteiger partial charge in [-0.15, -0.1) is 0 Å². The highest BCUT2D eigenvalue weighted by molar-refractivity contribution is 8.18. The van der Waals surface area contributed by atoms with E-state index in [2.05, 4.69) is 15.5 Å². The molecule has 144 valence electrons. The van der Waals surface area contributed by atoms with E-state index in [0.717, 1.165) is 36.0 Å². The third-order valence-electron chi connectivity index (χ3n) is 4.40. The van der Waals surface area contributed by atoms with E-state index in [4.69, 9.17) is 9.47 Å². The Morgan fingerprint density at radius 3 is 2.59 bits per heavy atom. The van der Waals surface area contributed by atoms with Crippen molar-refractivity contribution in [2.45, 2.75) is 19.4 Å². The van der Waals surface area contributed by atoms with Crippen molar-refractivity contribution < 1.29 is 23.9 Å². The van der Waals surface area contributed by atoms with Gasteiger partial charge in [0.1, 0.15) is 0 Å². The number of nitrogens with zero attached hydrogens (tertiary/aromatic N) is 1. The van der Waals surface area contributed by atoms with Gasteiger partial charge in [-0.1, -0.05) is 0 Å². The average Bonchev–Trinajstić information content (AvgIpc) is 3.20. The van der Waals surface area contributed by atoms with E-state index >= 15 is 0 Å². The molecule has 2 heterocycles. The number of carbonyl (C=O) groups is 3. The molecule has 3 rings (SSSR count). The van der Waals surface area contributed by atoms with Crippen molar-refractivity contribution in [3.8, 4) is 11.5 Å². The largest absolute Gasteiger partial charge is 0.493 e. The Balaban J connectivity index is 1.98. The third kappa shape index (κ3) is 4.19. The summed E-state index contributed by atoms with van der Waals surface area (Å²) in [6.07, 6.45) is 2.49. The summed E-state index contributed by atoms with van der Waals surface area (Å²) in [6, 6.07) is 3.69.